The van der Waals surface area contributed by atoms with Crippen LogP contribution in [0.15, 0.2) is 12.7 Å². The third-order valence-electron chi connectivity index (χ3n) is 2.61. The van der Waals surface area contributed by atoms with Gasteiger partial charge in [0, 0.05) is 13.1 Å². The molecule has 2 heteroatoms. The molecule has 0 aromatic rings. The first kappa shape index (κ1) is 15.7. The molecule has 0 spiro atoms. The first-order valence-corrected chi connectivity index (χ1v) is 6.44. The zero-order valence-corrected chi connectivity index (χ0v) is 11.7. The number of allylic oxidation sites excluding steroid dienone is 1. The minimum atomic E-state index is 0.366. The maximum Gasteiger partial charge on any atom is 0.00387 e. The Morgan fingerprint density at radius 1 is 1.19 bits per heavy atom. The summed E-state index contributed by atoms with van der Waals surface area (Å²) in [4.78, 5) is 2.26. The SMILES string of the molecule is C=CCCCCCNCC(C)(C)CN(C)C. The van der Waals surface area contributed by atoms with Crippen LogP contribution < -0.4 is 5.32 Å². The van der Waals surface area contributed by atoms with Crippen LogP contribution in [0.2, 0.25) is 0 Å². The van der Waals surface area contributed by atoms with Gasteiger partial charge in [-0.1, -0.05) is 26.3 Å². The summed E-state index contributed by atoms with van der Waals surface area (Å²) < 4.78 is 0. The fourth-order valence-corrected chi connectivity index (χ4v) is 2.05. The Hall–Kier alpha value is -0.340. The fourth-order valence-electron chi connectivity index (χ4n) is 2.05. The molecule has 0 atom stereocenters. The molecular weight excluding hydrogens is 196 g/mol. The van der Waals surface area contributed by atoms with Gasteiger partial charge in [-0.3, -0.25) is 0 Å². The van der Waals surface area contributed by atoms with E-state index in [1.165, 1.54) is 19.3 Å². The van der Waals surface area contributed by atoms with Gasteiger partial charge in [-0.25, -0.2) is 0 Å². The number of rotatable bonds is 10. The predicted molar refractivity (Wildman–Crippen MR) is 73.9 cm³/mol. The monoisotopic (exact) mass is 226 g/mol. The molecule has 0 radical (unpaired) electrons. The molecule has 0 aliphatic carbocycles. The van der Waals surface area contributed by atoms with Crippen molar-refractivity contribution in [3.8, 4) is 0 Å². The lowest BCUT2D eigenvalue weighted by atomic mass is 9.93. The zero-order valence-electron chi connectivity index (χ0n) is 11.7. The highest BCUT2D eigenvalue weighted by Crippen LogP contribution is 2.14. The van der Waals surface area contributed by atoms with Crippen LogP contribution in [0, 0.1) is 5.41 Å². The van der Waals surface area contributed by atoms with Crippen LogP contribution in [0.3, 0.4) is 0 Å². The number of hydrogen-bond donors (Lipinski definition) is 1. The van der Waals surface area contributed by atoms with E-state index in [-0.39, 0.29) is 0 Å². The molecule has 0 aliphatic rings. The van der Waals surface area contributed by atoms with Gasteiger partial charge in [0.25, 0.3) is 0 Å². The van der Waals surface area contributed by atoms with Gasteiger partial charge in [0.15, 0.2) is 0 Å². The van der Waals surface area contributed by atoms with Crippen molar-refractivity contribution in [2.24, 2.45) is 5.41 Å². The second-order valence-electron chi connectivity index (χ2n) is 5.72. The lowest BCUT2D eigenvalue weighted by molar-refractivity contribution is 0.232. The van der Waals surface area contributed by atoms with Crippen molar-refractivity contribution in [2.75, 3.05) is 33.7 Å². The second-order valence-corrected chi connectivity index (χ2v) is 5.72. The van der Waals surface area contributed by atoms with E-state index in [0.29, 0.717) is 5.41 Å². The highest BCUT2D eigenvalue weighted by atomic mass is 15.1. The molecule has 96 valence electrons. The highest BCUT2D eigenvalue weighted by molar-refractivity contribution is 4.74. The van der Waals surface area contributed by atoms with E-state index >= 15 is 0 Å². The molecule has 0 saturated heterocycles. The van der Waals surface area contributed by atoms with Gasteiger partial charge in [0.2, 0.25) is 0 Å². The van der Waals surface area contributed by atoms with Crippen molar-refractivity contribution in [3.63, 3.8) is 0 Å². The van der Waals surface area contributed by atoms with Crippen LogP contribution in [0.4, 0.5) is 0 Å². The van der Waals surface area contributed by atoms with Crippen molar-refractivity contribution >= 4 is 0 Å². The van der Waals surface area contributed by atoms with Crippen LogP contribution in [0.5, 0.6) is 0 Å². The maximum absolute atomic E-state index is 3.73. The molecule has 0 saturated carbocycles. The lowest BCUT2D eigenvalue weighted by Gasteiger charge is -2.28. The fraction of sp³-hybridized carbons (Fsp3) is 0.857. The summed E-state index contributed by atoms with van der Waals surface area (Å²) in [6.45, 7) is 11.8. The molecule has 0 aliphatic heterocycles. The van der Waals surface area contributed by atoms with Crippen LogP contribution in [-0.2, 0) is 0 Å². The minimum Gasteiger partial charge on any atom is -0.316 e. The van der Waals surface area contributed by atoms with E-state index in [2.05, 4.69) is 44.7 Å². The van der Waals surface area contributed by atoms with Gasteiger partial charge in [-0.2, -0.15) is 0 Å². The predicted octanol–water partition coefficient (Wildman–Crippen LogP) is 2.91. The number of nitrogens with one attached hydrogen (secondary N) is 1. The third-order valence-corrected chi connectivity index (χ3v) is 2.61. The molecule has 0 unspecified atom stereocenters. The Labute approximate surface area is 102 Å². The standard InChI is InChI=1S/C14H30N2/c1-6-7-8-9-10-11-15-12-14(2,3)13-16(4)5/h6,15H,1,7-13H2,2-5H3. The van der Waals surface area contributed by atoms with E-state index in [1.54, 1.807) is 0 Å². The lowest BCUT2D eigenvalue weighted by Crippen LogP contribution is -2.37. The van der Waals surface area contributed by atoms with Crippen molar-refractivity contribution in [1.82, 2.24) is 10.2 Å². The second kappa shape index (κ2) is 8.77. The summed E-state index contributed by atoms with van der Waals surface area (Å²) in [6.07, 6.45) is 7.05. The Morgan fingerprint density at radius 3 is 2.44 bits per heavy atom. The average Bonchev–Trinajstić information content (AvgIpc) is 2.14. The smallest absolute Gasteiger partial charge is 0.00387 e. The number of nitrogens with zero attached hydrogens (tertiary/aromatic N) is 1. The Morgan fingerprint density at radius 2 is 1.88 bits per heavy atom. The van der Waals surface area contributed by atoms with Gasteiger partial charge in [0.05, 0.1) is 0 Å². The molecule has 0 rings (SSSR count). The molecule has 1 N–H and O–H groups in total. The van der Waals surface area contributed by atoms with Crippen LogP contribution in [-0.4, -0.2) is 38.6 Å². The van der Waals surface area contributed by atoms with E-state index in [0.717, 1.165) is 26.1 Å². The van der Waals surface area contributed by atoms with Crippen LogP contribution in [0.1, 0.15) is 39.5 Å². The first-order valence-electron chi connectivity index (χ1n) is 6.44. The number of unbranched alkanes of at least 4 members (excludes halogenated alkanes) is 3. The molecule has 0 amide bonds. The average molecular weight is 226 g/mol. The molecule has 0 heterocycles. The minimum absolute atomic E-state index is 0.366. The summed E-state index contributed by atoms with van der Waals surface area (Å²) in [5, 5.41) is 3.56. The molecule has 2 nitrogen and oxygen atoms in total. The molecule has 0 aromatic heterocycles. The molecule has 16 heavy (non-hydrogen) atoms. The molecular formula is C14H30N2. The maximum atomic E-state index is 3.73. The van der Waals surface area contributed by atoms with E-state index in [4.69, 9.17) is 0 Å². The molecule has 0 bridgehead atoms. The van der Waals surface area contributed by atoms with Gasteiger partial charge < -0.3 is 10.2 Å². The van der Waals surface area contributed by atoms with Gasteiger partial charge >= 0.3 is 0 Å². The molecule has 0 fully saturated rings. The normalized spacial score (nSPS) is 12.1. The van der Waals surface area contributed by atoms with Crippen molar-refractivity contribution < 1.29 is 0 Å². The van der Waals surface area contributed by atoms with Crippen molar-refractivity contribution in [3.05, 3.63) is 12.7 Å². The van der Waals surface area contributed by atoms with Crippen LogP contribution in [0.25, 0.3) is 0 Å². The quantitative estimate of drug-likeness (QED) is 0.455. The Kier molecular flexibility index (Phi) is 8.58. The summed E-state index contributed by atoms with van der Waals surface area (Å²) in [5.41, 5.74) is 0.366. The van der Waals surface area contributed by atoms with Gasteiger partial charge in [-0.15, -0.1) is 6.58 Å². The third kappa shape index (κ3) is 10.2. The van der Waals surface area contributed by atoms with E-state index in [9.17, 15) is 0 Å². The van der Waals surface area contributed by atoms with Crippen LogP contribution >= 0.6 is 0 Å². The molecule has 0 aromatic carbocycles. The highest BCUT2D eigenvalue weighted by Gasteiger charge is 2.17. The summed E-state index contributed by atoms with van der Waals surface area (Å²) in [7, 11) is 4.27. The van der Waals surface area contributed by atoms with E-state index < -0.39 is 0 Å². The summed E-state index contributed by atoms with van der Waals surface area (Å²) in [5.74, 6) is 0. The van der Waals surface area contributed by atoms with E-state index in [1.807, 2.05) is 6.08 Å². The first-order chi connectivity index (χ1) is 7.48. The Bertz CT molecular complexity index is 174. The topological polar surface area (TPSA) is 15.3 Å². The Balaban J connectivity index is 3.39. The largest absolute Gasteiger partial charge is 0.316 e. The summed E-state index contributed by atoms with van der Waals surface area (Å²) >= 11 is 0. The van der Waals surface area contributed by atoms with Crippen molar-refractivity contribution in [1.29, 1.82) is 0 Å². The van der Waals surface area contributed by atoms with Gasteiger partial charge in [0.1, 0.15) is 0 Å². The summed E-state index contributed by atoms with van der Waals surface area (Å²) in [6, 6.07) is 0. The number of hydrogen-bond acceptors (Lipinski definition) is 2. The van der Waals surface area contributed by atoms with Crippen molar-refractivity contribution in [2.45, 2.75) is 39.5 Å². The zero-order chi connectivity index (χ0) is 12.4. The van der Waals surface area contributed by atoms with Gasteiger partial charge in [-0.05, 0) is 45.3 Å².